The predicted molar refractivity (Wildman–Crippen MR) is 134 cm³/mol. The van der Waals surface area contributed by atoms with E-state index in [0.717, 1.165) is 16.1 Å². The lowest BCUT2D eigenvalue weighted by atomic mass is 10.1. The van der Waals surface area contributed by atoms with Gasteiger partial charge in [-0.05, 0) is 36.4 Å². The summed E-state index contributed by atoms with van der Waals surface area (Å²) in [6.07, 6.45) is 0. The standard InChI is InChI=1S/C27H25FN2O3S/c1-32-23-12-6-5-11-22(23)29-14-16-30(17-15-29)27(31)26-20(18-33-19-8-3-2-4-9-19)25-21(28)10-7-13-24(25)34-26/h2-13H,14-18H2,1H3. The van der Waals surface area contributed by atoms with Gasteiger partial charge in [0.05, 0.1) is 17.7 Å². The van der Waals surface area contributed by atoms with E-state index in [4.69, 9.17) is 9.47 Å². The molecule has 5 rings (SSSR count). The average molecular weight is 477 g/mol. The number of para-hydroxylation sites is 3. The normalized spacial score (nSPS) is 13.8. The monoisotopic (exact) mass is 476 g/mol. The van der Waals surface area contributed by atoms with Crippen molar-refractivity contribution < 1.29 is 18.7 Å². The molecule has 7 heteroatoms. The third-order valence-electron chi connectivity index (χ3n) is 6.08. The van der Waals surface area contributed by atoms with E-state index in [-0.39, 0.29) is 18.3 Å². The number of hydrogen-bond donors (Lipinski definition) is 0. The van der Waals surface area contributed by atoms with Crippen LogP contribution < -0.4 is 14.4 Å². The molecule has 1 aliphatic heterocycles. The molecule has 174 valence electrons. The van der Waals surface area contributed by atoms with Gasteiger partial charge in [-0.15, -0.1) is 11.3 Å². The number of anilines is 1. The number of amides is 1. The van der Waals surface area contributed by atoms with Crippen LogP contribution in [0.1, 0.15) is 15.2 Å². The van der Waals surface area contributed by atoms with E-state index in [2.05, 4.69) is 4.90 Å². The summed E-state index contributed by atoms with van der Waals surface area (Å²) >= 11 is 1.33. The van der Waals surface area contributed by atoms with Crippen LogP contribution >= 0.6 is 11.3 Å². The molecule has 34 heavy (non-hydrogen) atoms. The highest BCUT2D eigenvalue weighted by atomic mass is 32.1. The van der Waals surface area contributed by atoms with Crippen LogP contribution in [0.25, 0.3) is 10.1 Å². The van der Waals surface area contributed by atoms with Gasteiger partial charge in [-0.3, -0.25) is 4.79 Å². The Morgan fingerprint density at radius 2 is 1.68 bits per heavy atom. The van der Waals surface area contributed by atoms with E-state index >= 15 is 0 Å². The molecule has 0 atom stereocenters. The fourth-order valence-electron chi connectivity index (χ4n) is 4.34. The summed E-state index contributed by atoms with van der Waals surface area (Å²) in [5.41, 5.74) is 1.64. The number of thiophene rings is 1. The number of halogens is 1. The highest BCUT2D eigenvalue weighted by Gasteiger charge is 2.28. The topological polar surface area (TPSA) is 42.0 Å². The first-order chi connectivity index (χ1) is 16.7. The molecule has 0 N–H and O–H groups in total. The van der Waals surface area contributed by atoms with Crippen LogP contribution in [-0.4, -0.2) is 44.1 Å². The second-order valence-corrected chi connectivity index (χ2v) is 9.13. The second kappa shape index (κ2) is 9.73. The van der Waals surface area contributed by atoms with E-state index in [0.29, 0.717) is 47.8 Å². The molecule has 0 aliphatic carbocycles. The molecule has 0 radical (unpaired) electrons. The van der Waals surface area contributed by atoms with Crippen molar-refractivity contribution in [1.82, 2.24) is 4.90 Å². The summed E-state index contributed by atoms with van der Waals surface area (Å²) in [6.45, 7) is 2.68. The maximum absolute atomic E-state index is 14.8. The molecule has 1 aliphatic rings. The Labute approximate surface area is 201 Å². The Bertz CT molecular complexity index is 1300. The quantitative estimate of drug-likeness (QED) is 0.364. The Kier molecular flexibility index (Phi) is 6.36. The first-order valence-corrected chi connectivity index (χ1v) is 12.0. The Balaban J connectivity index is 1.38. The number of carbonyl (C=O) groups is 1. The van der Waals surface area contributed by atoms with Gasteiger partial charge in [0.2, 0.25) is 0 Å². The van der Waals surface area contributed by atoms with Crippen molar-refractivity contribution in [2.75, 3.05) is 38.2 Å². The molecule has 1 fully saturated rings. The van der Waals surface area contributed by atoms with Crippen LogP contribution in [-0.2, 0) is 6.61 Å². The summed E-state index contributed by atoms with van der Waals surface area (Å²) in [6, 6.07) is 22.2. The number of piperazine rings is 1. The van der Waals surface area contributed by atoms with Crippen molar-refractivity contribution in [3.63, 3.8) is 0 Å². The fraction of sp³-hybridized carbons (Fsp3) is 0.222. The maximum Gasteiger partial charge on any atom is 0.264 e. The number of carbonyl (C=O) groups excluding carboxylic acids is 1. The van der Waals surface area contributed by atoms with Crippen molar-refractivity contribution >= 4 is 33.0 Å². The zero-order valence-electron chi connectivity index (χ0n) is 18.9. The second-order valence-electron chi connectivity index (χ2n) is 8.08. The highest BCUT2D eigenvalue weighted by molar-refractivity contribution is 7.21. The highest BCUT2D eigenvalue weighted by Crippen LogP contribution is 2.35. The molecule has 2 heterocycles. The van der Waals surface area contributed by atoms with Crippen molar-refractivity contribution in [3.8, 4) is 11.5 Å². The van der Waals surface area contributed by atoms with Crippen LogP contribution in [0.15, 0.2) is 72.8 Å². The molecule has 1 amide bonds. The van der Waals surface area contributed by atoms with Gasteiger partial charge < -0.3 is 19.3 Å². The van der Waals surface area contributed by atoms with Gasteiger partial charge in [0.1, 0.15) is 23.9 Å². The minimum absolute atomic E-state index is 0.0769. The zero-order valence-corrected chi connectivity index (χ0v) is 19.7. The van der Waals surface area contributed by atoms with Gasteiger partial charge in [-0.2, -0.15) is 0 Å². The molecule has 3 aromatic carbocycles. The minimum Gasteiger partial charge on any atom is -0.495 e. The number of hydrogen-bond acceptors (Lipinski definition) is 5. The number of ether oxygens (including phenoxy) is 2. The van der Waals surface area contributed by atoms with Crippen LogP contribution in [0.2, 0.25) is 0 Å². The molecule has 1 aromatic heterocycles. The van der Waals surface area contributed by atoms with Gasteiger partial charge in [-0.25, -0.2) is 4.39 Å². The predicted octanol–water partition coefficient (Wildman–Crippen LogP) is 5.59. The van der Waals surface area contributed by atoms with E-state index in [1.165, 1.54) is 17.4 Å². The van der Waals surface area contributed by atoms with Crippen molar-refractivity contribution in [2.24, 2.45) is 0 Å². The molecule has 5 nitrogen and oxygen atoms in total. The summed E-state index contributed by atoms with van der Waals surface area (Å²) in [7, 11) is 1.66. The lowest BCUT2D eigenvalue weighted by molar-refractivity contribution is 0.0749. The van der Waals surface area contributed by atoms with Crippen molar-refractivity contribution in [3.05, 3.63) is 89.1 Å². The zero-order chi connectivity index (χ0) is 23.5. The average Bonchev–Trinajstić information content (AvgIpc) is 3.27. The van der Waals surface area contributed by atoms with Crippen molar-refractivity contribution in [1.29, 1.82) is 0 Å². The Hall–Kier alpha value is -3.58. The largest absolute Gasteiger partial charge is 0.495 e. The molecular weight excluding hydrogens is 451 g/mol. The van der Waals surface area contributed by atoms with E-state index in [9.17, 15) is 9.18 Å². The van der Waals surface area contributed by atoms with Gasteiger partial charge in [-0.1, -0.05) is 36.4 Å². The number of methoxy groups -OCH3 is 1. The molecular formula is C27H25FN2O3S. The molecule has 0 spiro atoms. The van der Waals surface area contributed by atoms with Crippen molar-refractivity contribution in [2.45, 2.75) is 6.61 Å². The molecule has 0 bridgehead atoms. The van der Waals surface area contributed by atoms with Crippen LogP contribution in [0.3, 0.4) is 0 Å². The van der Waals surface area contributed by atoms with Gasteiger partial charge in [0.25, 0.3) is 5.91 Å². The summed E-state index contributed by atoms with van der Waals surface area (Å²) in [5.74, 6) is 1.09. The molecule has 0 unspecified atom stereocenters. The van der Waals surface area contributed by atoms with Gasteiger partial charge >= 0.3 is 0 Å². The van der Waals surface area contributed by atoms with Gasteiger partial charge in [0.15, 0.2) is 0 Å². The van der Waals surface area contributed by atoms with E-state index in [1.807, 2.05) is 65.6 Å². The molecule has 4 aromatic rings. The molecule has 0 saturated carbocycles. The van der Waals surface area contributed by atoms with Gasteiger partial charge in [0, 0.05) is 41.8 Å². The lowest BCUT2D eigenvalue weighted by Crippen LogP contribution is -2.48. The third kappa shape index (κ3) is 4.31. The minimum atomic E-state index is -0.333. The lowest BCUT2D eigenvalue weighted by Gasteiger charge is -2.36. The summed E-state index contributed by atoms with van der Waals surface area (Å²) in [4.78, 5) is 18.2. The van der Waals surface area contributed by atoms with Crippen LogP contribution in [0, 0.1) is 5.82 Å². The first kappa shape index (κ1) is 22.2. The molecule has 1 saturated heterocycles. The van der Waals surface area contributed by atoms with E-state index in [1.54, 1.807) is 13.2 Å². The summed E-state index contributed by atoms with van der Waals surface area (Å²) < 4.78 is 27.0. The van der Waals surface area contributed by atoms with Crippen LogP contribution in [0.5, 0.6) is 11.5 Å². The number of rotatable bonds is 6. The van der Waals surface area contributed by atoms with E-state index < -0.39 is 0 Å². The smallest absolute Gasteiger partial charge is 0.264 e. The third-order valence-corrected chi connectivity index (χ3v) is 7.26. The number of nitrogens with zero attached hydrogens (tertiary/aromatic N) is 2. The Morgan fingerprint density at radius 3 is 2.44 bits per heavy atom. The maximum atomic E-state index is 14.8. The number of benzene rings is 3. The fourth-order valence-corrected chi connectivity index (χ4v) is 5.52. The first-order valence-electron chi connectivity index (χ1n) is 11.2. The summed E-state index contributed by atoms with van der Waals surface area (Å²) in [5, 5.41) is 0.472. The van der Waals surface area contributed by atoms with Crippen LogP contribution in [0.4, 0.5) is 10.1 Å². The Morgan fingerprint density at radius 1 is 0.941 bits per heavy atom. The number of fused-ring (bicyclic) bond motifs is 1. The SMILES string of the molecule is COc1ccccc1N1CCN(C(=O)c2sc3cccc(F)c3c2COc2ccccc2)CC1.